The average molecular weight is 414 g/mol. The maximum atomic E-state index is 12.8. The number of amides is 2. The molecule has 0 spiro atoms. The molecule has 8 heteroatoms. The lowest BCUT2D eigenvalue weighted by Gasteiger charge is -2.10. The molecule has 5 nitrogen and oxygen atoms in total. The van der Waals surface area contributed by atoms with Crippen molar-refractivity contribution in [2.75, 3.05) is 17.7 Å². The minimum atomic E-state index is -4.50. The van der Waals surface area contributed by atoms with E-state index in [4.69, 9.17) is 4.74 Å². The van der Waals surface area contributed by atoms with Crippen molar-refractivity contribution in [3.8, 4) is 5.75 Å². The van der Waals surface area contributed by atoms with E-state index in [9.17, 15) is 22.8 Å². The zero-order chi connectivity index (χ0) is 21.7. The van der Waals surface area contributed by atoms with Gasteiger partial charge in [0.25, 0.3) is 11.8 Å². The van der Waals surface area contributed by atoms with Crippen LogP contribution in [0.1, 0.15) is 26.3 Å². The van der Waals surface area contributed by atoms with Crippen molar-refractivity contribution in [3.05, 3.63) is 89.5 Å². The van der Waals surface area contributed by atoms with Gasteiger partial charge in [0.05, 0.1) is 12.7 Å². The van der Waals surface area contributed by atoms with Gasteiger partial charge in [0.15, 0.2) is 0 Å². The van der Waals surface area contributed by atoms with Crippen molar-refractivity contribution in [2.45, 2.75) is 6.18 Å². The molecular weight excluding hydrogens is 397 g/mol. The first kappa shape index (κ1) is 20.9. The van der Waals surface area contributed by atoms with Gasteiger partial charge in [0.2, 0.25) is 0 Å². The molecule has 0 aliphatic rings. The molecule has 3 aromatic carbocycles. The van der Waals surface area contributed by atoms with Crippen LogP contribution < -0.4 is 15.4 Å². The van der Waals surface area contributed by atoms with Crippen LogP contribution in [0.25, 0.3) is 0 Å². The minimum absolute atomic E-state index is 0.0340. The van der Waals surface area contributed by atoms with E-state index in [1.165, 1.54) is 43.5 Å². The quantitative estimate of drug-likeness (QED) is 0.602. The van der Waals surface area contributed by atoms with Crippen molar-refractivity contribution in [1.29, 1.82) is 0 Å². The number of nitrogens with one attached hydrogen (secondary N) is 2. The minimum Gasteiger partial charge on any atom is -0.497 e. The van der Waals surface area contributed by atoms with Gasteiger partial charge in [0.1, 0.15) is 5.75 Å². The lowest BCUT2D eigenvalue weighted by Crippen LogP contribution is -2.14. The topological polar surface area (TPSA) is 67.4 Å². The van der Waals surface area contributed by atoms with Crippen LogP contribution >= 0.6 is 0 Å². The fourth-order valence-corrected chi connectivity index (χ4v) is 2.63. The van der Waals surface area contributed by atoms with Crippen LogP contribution in [0.2, 0.25) is 0 Å². The Morgan fingerprint density at radius 1 is 0.767 bits per heavy atom. The molecule has 0 aliphatic carbocycles. The molecule has 0 atom stereocenters. The van der Waals surface area contributed by atoms with E-state index in [0.29, 0.717) is 17.0 Å². The Labute approximate surface area is 170 Å². The molecule has 0 aromatic heterocycles. The summed E-state index contributed by atoms with van der Waals surface area (Å²) in [5.74, 6) is -0.274. The number of hydrogen-bond acceptors (Lipinski definition) is 3. The molecular formula is C22H17F3N2O3. The summed E-state index contributed by atoms with van der Waals surface area (Å²) in [4.78, 5) is 24.6. The van der Waals surface area contributed by atoms with E-state index in [1.807, 2.05) is 0 Å². The van der Waals surface area contributed by atoms with E-state index in [2.05, 4.69) is 10.6 Å². The molecule has 0 saturated carbocycles. The molecule has 0 heterocycles. The van der Waals surface area contributed by atoms with Gasteiger partial charge >= 0.3 is 6.18 Å². The van der Waals surface area contributed by atoms with Crippen LogP contribution in [0.3, 0.4) is 0 Å². The highest BCUT2D eigenvalue weighted by molar-refractivity contribution is 6.06. The summed E-state index contributed by atoms with van der Waals surface area (Å²) in [6.45, 7) is 0. The number of carbonyl (C=O) groups excluding carboxylic acids is 2. The Morgan fingerprint density at radius 3 is 1.83 bits per heavy atom. The lowest BCUT2D eigenvalue weighted by atomic mass is 10.1. The monoisotopic (exact) mass is 414 g/mol. The zero-order valence-corrected chi connectivity index (χ0v) is 15.8. The van der Waals surface area contributed by atoms with Gasteiger partial charge in [-0.2, -0.15) is 13.2 Å². The number of benzene rings is 3. The van der Waals surface area contributed by atoms with Gasteiger partial charge in [-0.15, -0.1) is 0 Å². The van der Waals surface area contributed by atoms with Crippen LogP contribution in [-0.2, 0) is 6.18 Å². The second-order valence-corrected chi connectivity index (χ2v) is 6.29. The average Bonchev–Trinajstić information content (AvgIpc) is 2.74. The van der Waals surface area contributed by atoms with Crippen LogP contribution in [0.15, 0.2) is 72.8 Å². The number of ether oxygens (including phenoxy) is 1. The number of anilines is 2. The lowest BCUT2D eigenvalue weighted by molar-refractivity contribution is -0.137. The van der Waals surface area contributed by atoms with E-state index >= 15 is 0 Å². The normalized spacial score (nSPS) is 10.9. The summed E-state index contributed by atoms with van der Waals surface area (Å²) in [5, 5.41) is 5.13. The summed E-state index contributed by atoms with van der Waals surface area (Å²) in [6.07, 6.45) is -4.50. The van der Waals surface area contributed by atoms with Crippen LogP contribution in [0.5, 0.6) is 5.75 Å². The second kappa shape index (κ2) is 8.69. The Bertz CT molecular complexity index is 1050. The van der Waals surface area contributed by atoms with Crippen LogP contribution in [0.4, 0.5) is 24.5 Å². The summed E-state index contributed by atoms with van der Waals surface area (Å²) in [5.41, 5.74) is 0.312. The van der Waals surface area contributed by atoms with E-state index in [1.54, 1.807) is 24.3 Å². The number of rotatable bonds is 5. The predicted molar refractivity (Wildman–Crippen MR) is 107 cm³/mol. The van der Waals surface area contributed by atoms with Crippen molar-refractivity contribution >= 4 is 23.2 Å². The van der Waals surface area contributed by atoms with Crippen LogP contribution in [-0.4, -0.2) is 18.9 Å². The SMILES string of the molecule is COc1ccc(C(=O)Nc2ccc(C(=O)Nc3cccc(C(F)(F)F)c3)cc2)cc1. The first-order valence-corrected chi connectivity index (χ1v) is 8.80. The number of hydrogen-bond donors (Lipinski definition) is 2. The Hall–Kier alpha value is -3.81. The first-order chi connectivity index (χ1) is 14.3. The summed E-state index contributed by atoms with van der Waals surface area (Å²) in [6, 6.07) is 16.9. The summed E-state index contributed by atoms with van der Waals surface area (Å²) in [7, 11) is 1.53. The Balaban J connectivity index is 1.65. The smallest absolute Gasteiger partial charge is 0.416 e. The molecule has 2 N–H and O–H groups in total. The highest BCUT2D eigenvalue weighted by Crippen LogP contribution is 2.30. The number of alkyl halides is 3. The van der Waals surface area contributed by atoms with Crippen molar-refractivity contribution < 1.29 is 27.5 Å². The van der Waals surface area contributed by atoms with Gasteiger partial charge < -0.3 is 15.4 Å². The van der Waals surface area contributed by atoms with Crippen molar-refractivity contribution in [2.24, 2.45) is 0 Å². The van der Waals surface area contributed by atoms with Gasteiger partial charge in [-0.3, -0.25) is 9.59 Å². The number of halogens is 3. The molecule has 3 rings (SSSR count). The molecule has 3 aromatic rings. The molecule has 0 aliphatic heterocycles. The van der Waals surface area contributed by atoms with Gasteiger partial charge in [-0.25, -0.2) is 0 Å². The fraction of sp³-hybridized carbons (Fsp3) is 0.0909. The third-order valence-corrected chi connectivity index (χ3v) is 4.20. The van der Waals surface area contributed by atoms with E-state index < -0.39 is 17.6 Å². The predicted octanol–water partition coefficient (Wildman–Crippen LogP) is 5.22. The maximum Gasteiger partial charge on any atom is 0.416 e. The van der Waals surface area contributed by atoms with Gasteiger partial charge in [-0.1, -0.05) is 6.07 Å². The Kier molecular flexibility index (Phi) is 6.06. The fourth-order valence-electron chi connectivity index (χ4n) is 2.63. The molecule has 0 bridgehead atoms. The molecule has 154 valence electrons. The number of carbonyl (C=O) groups is 2. The molecule has 30 heavy (non-hydrogen) atoms. The first-order valence-electron chi connectivity index (χ1n) is 8.80. The Morgan fingerprint density at radius 2 is 1.30 bits per heavy atom. The van der Waals surface area contributed by atoms with Gasteiger partial charge in [0, 0.05) is 22.5 Å². The van der Waals surface area contributed by atoms with E-state index in [0.717, 1.165) is 12.1 Å². The molecule has 2 amide bonds. The largest absolute Gasteiger partial charge is 0.497 e. The second-order valence-electron chi connectivity index (χ2n) is 6.29. The highest BCUT2D eigenvalue weighted by Gasteiger charge is 2.30. The maximum absolute atomic E-state index is 12.8. The molecule has 0 radical (unpaired) electrons. The molecule has 0 saturated heterocycles. The third-order valence-electron chi connectivity index (χ3n) is 4.20. The highest BCUT2D eigenvalue weighted by atomic mass is 19.4. The van der Waals surface area contributed by atoms with Crippen molar-refractivity contribution in [3.63, 3.8) is 0 Å². The molecule has 0 fully saturated rings. The van der Waals surface area contributed by atoms with E-state index in [-0.39, 0.29) is 17.2 Å². The zero-order valence-electron chi connectivity index (χ0n) is 15.8. The van der Waals surface area contributed by atoms with Crippen molar-refractivity contribution in [1.82, 2.24) is 0 Å². The third kappa shape index (κ3) is 5.16. The number of methoxy groups -OCH3 is 1. The summed E-state index contributed by atoms with van der Waals surface area (Å²) < 4.78 is 43.4. The summed E-state index contributed by atoms with van der Waals surface area (Å²) >= 11 is 0. The van der Waals surface area contributed by atoms with Gasteiger partial charge in [-0.05, 0) is 66.7 Å². The standard InChI is InChI=1S/C22H17F3N2O3/c1-30-19-11-7-15(8-12-19)20(28)26-17-9-5-14(6-10-17)21(29)27-18-4-2-3-16(13-18)22(23,24)25/h2-13H,1H3,(H,26,28)(H,27,29). The van der Waals surface area contributed by atoms with Crippen LogP contribution in [0, 0.1) is 0 Å². The molecule has 0 unspecified atom stereocenters.